The zero-order valence-corrected chi connectivity index (χ0v) is 11.1. The van der Waals surface area contributed by atoms with Crippen molar-refractivity contribution in [1.82, 2.24) is 9.80 Å². The van der Waals surface area contributed by atoms with E-state index in [1.165, 1.54) is 45.3 Å². The summed E-state index contributed by atoms with van der Waals surface area (Å²) in [6.07, 6.45) is 5.62. The normalized spacial score (nSPS) is 41.1. The molecule has 1 aliphatic carbocycles. The zero-order chi connectivity index (χ0) is 11.7. The second-order valence-electron chi connectivity index (χ2n) is 6.16. The Morgan fingerprint density at radius 2 is 1.71 bits per heavy atom. The lowest BCUT2D eigenvalue weighted by atomic mass is 10.1. The minimum absolute atomic E-state index is 0.701. The van der Waals surface area contributed by atoms with Gasteiger partial charge in [-0.05, 0) is 31.6 Å². The van der Waals surface area contributed by atoms with E-state index < -0.39 is 0 Å². The smallest absolute Gasteiger partial charge is 0.0623 e. The average molecular weight is 238 g/mol. The minimum atomic E-state index is 0.701. The van der Waals surface area contributed by atoms with Crippen LogP contribution in [0.15, 0.2) is 0 Å². The maximum atomic E-state index is 5.61. The van der Waals surface area contributed by atoms with Crippen LogP contribution in [0.25, 0.3) is 0 Å². The number of hydrogen-bond donors (Lipinski definition) is 0. The molecule has 2 aliphatic heterocycles. The van der Waals surface area contributed by atoms with Crippen LogP contribution < -0.4 is 0 Å². The van der Waals surface area contributed by atoms with Crippen LogP contribution in [-0.4, -0.2) is 61.3 Å². The molecule has 1 saturated carbocycles. The molecular formula is C14H26N2O. The number of rotatable bonds is 1. The molecule has 0 N–H and O–H groups in total. The first-order valence-corrected chi connectivity index (χ1v) is 7.39. The Bertz CT molecular complexity index is 243. The van der Waals surface area contributed by atoms with Gasteiger partial charge in [0.05, 0.1) is 13.2 Å². The van der Waals surface area contributed by atoms with Crippen molar-refractivity contribution in [2.45, 2.75) is 44.7 Å². The summed E-state index contributed by atoms with van der Waals surface area (Å²) in [5.41, 5.74) is 0. The third-order valence-corrected chi connectivity index (χ3v) is 4.96. The van der Waals surface area contributed by atoms with Crippen molar-refractivity contribution in [2.24, 2.45) is 5.92 Å². The molecule has 0 spiro atoms. The summed E-state index contributed by atoms with van der Waals surface area (Å²) in [6.45, 7) is 9.31. The molecule has 0 aromatic carbocycles. The molecule has 2 unspecified atom stereocenters. The van der Waals surface area contributed by atoms with Crippen LogP contribution in [0.5, 0.6) is 0 Å². The summed E-state index contributed by atoms with van der Waals surface area (Å²) in [6, 6.07) is 1.58. The van der Waals surface area contributed by atoms with E-state index in [1.807, 2.05) is 0 Å². The highest BCUT2D eigenvalue weighted by Crippen LogP contribution is 2.30. The first-order chi connectivity index (χ1) is 8.33. The lowest BCUT2D eigenvalue weighted by Gasteiger charge is -2.33. The fourth-order valence-electron chi connectivity index (χ4n) is 3.81. The molecule has 0 aromatic heterocycles. The van der Waals surface area contributed by atoms with Crippen LogP contribution >= 0.6 is 0 Å². The quantitative estimate of drug-likeness (QED) is 0.690. The summed E-state index contributed by atoms with van der Waals surface area (Å²) in [7, 11) is 0. The van der Waals surface area contributed by atoms with E-state index in [2.05, 4.69) is 16.7 Å². The summed E-state index contributed by atoms with van der Waals surface area (Å²) < 4.78 is 5.61. The van der Waals surface area contributed by atoms with E-state index in [0.717, 1.165) is 31.7 Å². The number of morpholine rings is 1. The van der Waals surface area contributed by atoms with Gasteiger partial charge < -0.3 is 4.74 Å². The summed E-state index contributed by atoms with van der Waals surface area (Å²) in [4.78, 5) is 5.42. The van der Waals surface area contributed by atoms with Crippen molar-refractivity contribution in [3.05, 3.63) is 0 Å². The van der Waals surface area contributed by atoms with Gasteiger partial charge in [0.1, 0.15) is 0 Å². The molecule has 0 amide bonds. The molecule has 3 fully saturated rings. The van der Waals surface area contributed by atoms with Gasteiger partial charge in [0.15, 0.2) is 0 Å². The molecule has 3 rings (SSSR count). The van der Waals surface area contributed by atoms with E-state index >= 15 is 0 Å². The van der Waals surface area contributed by atoms with Gasteiger partial charge >= 0.3 is 0 Å². The van der Waals surface area contributed by atoms with Crippen LogP contribution in [-0.2, 0) is 4.74 Å². The fraction of sp³-hybridized carbons (Fsp3) is 1.00. The van der Waals surface area contributed by atoms with Crippen molar-refractivity contribution in [2.75, 3.05) is 39.4 Å². The van der Waals surface area contributed by atoms with Crippen molar-refractivity contribution in [3.63, 3.8) is 0 Å². The Balaban J connectivity index is 1.58. The van der Waals surface area contributed by atoms with E-state index in [0.29, 0.717) is 6.04 Å². The standard InChI is InChI=1S/C14H26N2O/c1-12-2-3-13(10-12)15-5-4-14-11-17-9-8-16(14)7-6-15/h12-14H,2-11H2,1H3/t12-,13?,14?/m1/s1. The van der Waals surface area contributed by atoms with E-state index in [1.54, 1.807) is 0 Å². The molecule has 2 heterocycles. The van der Waals surface area contributed by atoms with E-state index in [4.69, 9.17) is 4.74 Å². The van der Waals surface area contributed by atoms with Crippen LogP contribution in [0, 0.1) is 5.92 Å². The molecule has 0 radical (unpaired) electrons. The topological polar surface area (TPSA) is 15.7 Å². The molecule has 2 saturated heterocycles. The van der Waals surface area contributed by atoms with Crippen LogP contribution in [0.2, 0.25) is 0 Å². The Morgan fingerprint density at radius 3 is 2.47 bits per heavy atom. The van der Waals surface area contributed by atoms with Crippen LogP contribution in [0.3, 0.4) is 0 Å². The van der Waals surface area contributed by atoms with Gasteiger partial charge in [-0.15, -0.1) is 0 Å². The molecule has 98 valence electrons. The Morgan fingerprint density at radius 1 is 0.882 bits per heavy atom. The van der Waals surface area contributed by atoms with Crippen molar-refractivity contribution >= 4 is 0 Å². The number of nitrogens with zero attached hydrogens (tertiary/aromatic N) is 2. The van der Waals surface area contributed by atoms with E-state index in [-0.39, 0.29) is 0 Å². The molecule has 3 atom stereocenters. The lowest BCUT2D eigenvalue weighted by Crippen LogP contribution is -2.45. The summed E-state index contributed by atoms with van der Waals surface area (Å²) in [5, 5.41) is 0. The third kappa shape index (κ3) is 2.67. The van der Waals surface area contributed by atoms with Gasteiger partial charge in [-0.25, -0.2) is 0 Å². The first kappa shape index (κ1) is 11.9. The zero-order valence-electron chi connectivity index (χ0n) is 11.1. The first-order valence-electron chi connectivity index (χ1n) is 7.39. The number of fused-ring (bicyclic) bond motifs is 1. The second kappa shape index (κ2) is 5.25. The second-order valence-corrected chi connectivity index (χ2v) is 6.16. The maximum Gasteiger partial charge on any atom is 0.0623 e. The Hall–Kier alpha value is -0.120. The molecule has 3 aliphatic rings. The van der Waals surface area contributed by atoms with Gasteiger partial charge in [-0.1, -0.05) is 6.92 Å². The number of ether oxygens (including phenoxy) is 1. The van der Waals surface area contributed by atoms with Crippen LogP contribution in [0.1, 0.15) is 32.6 Å². The van der Waals surface area contributed by atoms with Crippen molar-refractivity contribution in [1.29, 1.82) is 0 Å². The minimum Gasteiger partial charge on any atom is -0.378 e. The number of hydrogen-bond acceptors (Lipinski definition) is 3. The highest BCUT2D eigenvalue weighted by atomic mass is 16.5. The average Bonchev–Trinajstić information content (AvgIpc) is 2.66. The van der Waals surface area contributed by atoms with Gasteiger partial charge in [-0.2, -0.15) is 0 Å². The van der Waals surface area contributed by atoms with Gasteiger partial charge in [0, 0.05) is 38.3 Å². The third-order valence-electron chi connectivity index (χ3n) is 4.96. The monoisotopic (exact) mass is 238 g/mol. The Kier molecular flexibility index (Phi) is 3.69. The van der Waals surface area contributed by atoms with Gasteiger partial charge in [0.2, 0.25) is 0 Å². The van der Waals surface area contributed by atoms with Gasteiger partial charge in [0.25, 0.3) is 0 Å². The SMILES string of the molecule is C[C@@H]1CCC(N2CCC3COCCN3CC2)C1. The molecule has 0 bridgehead atoms. The van der Waals surface area contributed by atoms with E-state index in [9.17, 15) is 0 Å². The lowest BCUT2D eigenvalue weighted by molar-refractivity contribution is -0.00393. The van der Waals surface area contributed by atoms with Crippen LogP contribution in [0.4, 0.5) is 0 Å². The summed E-state index contributed by atoms with van der Waals surface area (Å²) >= 11 is 0. The maximum absolute atomic E-state index is 5.61. The summed E-state index contributed by atoms with van der Waals surface area (Å²) in [5.74, 6) is 0.953. The molecule has 3 heteroatoms. The Labute approximate surface area is 105 Å². The van der Waals surface area contributed by atoms with Crippen molar-refractivity contribution in [3.8, 4) is 0 Å². The predicted molar refractivity (Wildman–Crippen MR) is 69.2 cm³/mol. The highest BCUT2D eigenvalue weighted by molar-refractivity contribution is 4.87. The highest BCUT2D eigenvalue weighted by Gasteiger charge is 2.31. The van der Waals surface area contributed by atoms with Crippen molar-refractivity contribution < 1.29 is 4.74 Å². The molecule has 3 nitrogen and oxygen atoms in total. The molecule has 0 aromatic rings. The predicted octanol–water partition coefficient (Wildman–Crippen LogP) is 1.58. The molecule has 17 heavy (non-hydrogen) atoms. The largest absolute Gasteiger partial charge is 0.378 e. The van der Waals surface area contributed by atoms with Gasteiger partial charge in [-0.3, -0.25) is 9.80 Å². The molecular weight excluding hydrogens is 212 g/mol. The fourth-order valence-corrected chi connectivity index (χ4v) is 3.81.